The second kappa shape index (κ2) is 5.77. The molecule has 0 spiro atoms. The van der Waals surface area contributed by atoms with E-state index >= 15 is 0 Å². The van der Waals surface area contributed by atoms with Crippen LogP contribution in [-0.2, 0) is 10.0 Å². The number of rotatable bonds is 6. The molecule has 0 radical (unpaired) electrons. The van der Waals surface area contributed by atoms with Gasteiger partial charge in [0, 0.05) is 6.04 Å². The van der Waals surface area contributed by atoms with Crippen molar-refractivity contribution >= 4 is 15.7 Å². The number of hydrogen-bond donors (Lipinski definition) is 3. The van der Waals surface area contributed by atoms with Crippen molar-refractivity contribution in [3.8, 4) is 5.75 Å². The first-order chi connectivity index (χ1) is 8.96. The second-order valence-electron chi connectivity index (χ2n) is 4.65. The number of nitrogens with one attached hydrogen (secondary N) is 1. The van der Waals surface area contributed by atoms with Crippen LogP contribution in [0.1, 0.15) is 12.8 Å². The summed E-state index contributed by atoms with van der Waals surface area (Å²) < 4.78 is 31.3. The standard InChI is InChI=1S/C12H18N2O4S/c13-11-3-1-2-4-12(11)18-5-6-19(16,17)14-9-7-10(15)8-9/h1-4,9-10,14-15H,5-8,13H2. The van der Waals surface area contributed by atoms with E-state index < -0.39 is 10.0 Å². The molecule has 0 amide bonds. The number of aliphatic hydroxyl groups excluding tert-OH is 1. The Kier molecular flexibility index (Phi) is 4.28. The summed E-state index contributed by atoms with van der Waals surface area (Å²) in [6.45, 7) is 0.0405. The van der Waals surface area contributed by atoms with Crippen LogP contribution in [0.3, 0.4) is 0 Å². The Morgan fingerprint density at radius 2 is 2.05 bits per heavy atom. The van der Waals surface area contributed by atoms with E-state index in [1.54, 1.807) is 24.3 Å². The summed E-state index contributed by atoms with van der Waals surface area (Å²) in [5.74, 6) is 0.352. The van der Waals surface area contributed by atoms with Crippen LogP contribution in [-0.4, -0.2) is 38.0 Å². The number of benzene rings is 1. The highest BCUT2D eigenvalue weighted by Gasteiger charge is 2.30. The molecule has 106 valence electrons. The van der Waals surface area contributed by atoms with Gasteiger partial charge in [-0.2, -0.15) is 0 Å². The Hall–Kier alpha value is -1.31. The summed E-state index contributed by atoms with van der Waals surface area (Å²) in [4.78, 5) is 0. The topological polar surface area (TPSA) is 102 Å². The lowest BCUT2D eigenvalue weighted by Gasteiger charge is -2.31. The molecule has 0 aromatic heterocycles. The summed E-state index contributed by atoms with van der Waals surface area (Å²) in [6.07, 6.45) is 0.574. The molecule has 0 bridgehead atoms. The van der Waals surface area contributed by atoms with Crippen molar-refractivity contribution in [2.24, 2.45) is 0 Å². The van der Waals surface area contributed by atoms with Gasteiger partial charge in [0.2, 0.25) is 10.0 Å². The summed E-state index contributed by atoms with van der Waals surface area (Å²) in [5, 5.41) is 9.10. The van der Waals surface area contributed by atoms with Gasteiger partial charge in [0.15, 0.2) is 0 Å². The van der Waals surface area contributed by atoms with Gasteiger partial charge in [-0.25, -0.2) is 13.1 Å². The predicted octanol–water partition coefficient (Wildman–Crippen LogP) is 0.0903. The zero-order valence-electron chi connectivity index (χ0n) is 10.5. The van der Waals surface area contributed by atoms with Gasteiger partial charge in [-0.1, -0.05) is 12.1 Å². The van der Waals surface area contributed by atoms with Crippen LogP contribution in [0.25, 0.3) is 0 Å². The molecule has 1 saturated carbocycles. The lowest BCUT2D eigenvalue weighted by Crippen LogP contribution is -2.47. The van der Waals surface area contributed by atoms with E-state index in [4.69, 9.17) is 15.6 Å². The van der Waals surface area contributed by atoms with Crippen LogP contribution in [0.5, 0.6) is 5.75 Å². The highest BCUT2D eigenvalue weighted by atomic mass is 32.2. The van der Waals surface area contributed by atoms with Gasteiger partial charge in [0.05, 0.1) is 17.5 Å². The molecule has 4 N–H and O–H groups in total. The Bertz CT molecular complexity index is 526. The number of hydrogen-bond acceptors (Lipinski definition) is 5. The fraction of sp³-hybridized carbons (Fsp3) is 0.500. The molecule has 0 saturated heterocycles. The van der Waals surface area contributed by atoms with Gasteiger partial charge in [0.1, 0.15) is 12.4 Å². The molecule has 7 heteroatoms. The average molecular weight is 286 g/mol. The van der Waals surface area contributed by atoms with Gasteiger partial charge in [-0.05, 0) is 25.0 Å². The first kappa shape index (κ1) is 14.1. The second-order valence-corrected chi connectivity index (χ2v) is 6.52. The third kappa shape index (κ3) is 4.09. The quantitative estimate of drug-likeness (QED) is 0.643. The smallest absolute Gasteiger partial charge is 0.215 e. The third-order valence-corrected chi connectivity index (χ3v) is 4.38. The number of para-hydroxylation sites is 2. The number of ether oxygens (including phenoxy) is 1. The maximum absolute atomic E-state index is 11.7. The molecule has 6 nitrogen and oxygen atoms in total. The molecule has 1 aliphatic carbocycles. The van der Waals surface area contributed by atoms with E-state index in [1.165, 1.54) is 0 Å². The normalized spacial score (nSPS) is 22.8. The summed E-state index contributed by atoms with van der Waals surface area (Å²) in [7, 11) is -3.38. The Balaban J connectivity index is 1.77. The molecule has 2 rings (SSSR count). The first-order valence-corrected chi connectivity index (χ1v) is 7.77. The molecule has 1 aromatic carbocycles. The molecule has 19 heavy (non-hydrogen) atoms. The molecule has 1 aromatic rings. The van der Waals surface area contributed by atoms with Crippen molar-refractivity contribution in [1.29, 1.82) is 0 Å². The van der Waals surface area contributed by atoms with Crippen molar-refractivity contribution < 1.29 is 18.3 Å². The molecule has 1 aliphatic rings. The largest absolute Gasteiger partial charge is 0.490 e. The van der Waals surface area contributed by atoms with Crippen LogP contribution in [0.4, 0.5) is 5.69 Å². The monoisotopic (exact) mass is 286 g/mol. The third-order valence-electron chi connectivity index (χ3n) is 2.99. The molecule has 0 aliphatic heterocycles. The van der Waals surface area contributed by atoms with E-state index in [0.29, 0.717) is 24.3 Å². The fourth-order valence-corrected chi connectivity index (χ4v) is 2.99. The minimum absolute atomic E-state index is 0.0405. The van der Waals surface area contributed by atoms with E-state index in [9.17, 15) is 8.42 Å². The molecular weight excluding hydrogens is 268 g/mol. The van der Waals surface area contributed by atoms with Gasteiger partial charge in [0.25, 0.3) is 0 Å². The average Bonchev–Trinajstić information content (AvgIpc) is 2.29. The molecular formula is C12H18N2O4S. The van der Waals surface area contributed by atoms with Crippen LogP contribution in [0.15, 0.2) is 24.3 Å². The SMILES string of the molecule is Nc1ccccc1OCCS(=O)(=O)NC1CC(O)C1. The Morgan fingerprint density at radius 1 is 1.37 bits per heavy atom. The van der Waals surface area contributed by atoms with Crippen LogP contribution in [0, 0.1) is 0 Å². The van der Waals surface area contributed by atoms with Crippen LogP contribution >= 0.6 is 0 Å². The molecule has 0 unspecified atom stereocenters. The maximum atomic E-state index is 11.7. The van der Waals surface area contributed by atoms with E-state index in [0.717, 1.165) is 0 Å². The zero-order valence-corrected chi connectivity index (χ0v) is 11.3. The van der Waals surface area contributed by atoms with Crippen LogP contribution < -0.4 is 15.2 Å². The Morgan fingerprint density at radius 3 is 2.68 bits per heavy atom. The number of sulfonamides is 1. The van der Waals surface area contributed by atoms with E-state index in [-0.39, 0.29) is 24.5 Å². The maximum Gasteiger partial charge on any atom is 0.215 e. The number of nitrogen functional groups attached to an aromatic ring is 1. The molecule has 1 fully saturated rings. The minimum atomic E-state index is -3.38. The fourth-order valence-electron chi connectivity index (χ4n) is 1.87. The van der Waals surface area contributed by atoms with Crippen molar-refractivity contribution in [2.75, 3.05) is 18.1 Å². The van der Waals surface area contributed by atoms with E-state index in [2.05, 4.69) is 4.72 Å². The van der Waals surface area contributed by atoms with Crippen molar-refractivity contribution in [3.63, 3.8) is 0 Å². The summed E-state index contributed by atoms with van der Waals surface area (Å²) in [6, 6.07) is 6.79. The molecule has 0 heterocycles. The Labute approximate surface area is 112 Å². The number of aliphatic hydroxyl groups is 1. The van der Waals surface area contributed by atoms with Gasteiger partial charge in [-0.15, -0.1) is 0 Å². The van der Waals surface area contributed by atoms with Crippen LogP contribution in [0.2, 0.25) is 0 Å². The van der Waals surface area contributed by atoms with Gasteiger partial charge >= 0.3 is 0 Å². The van der Waals surface area contributed by atoms with Crippen molar-refractivity contribution in [2.45, 2.75) is 25.0 Å². The lowest BCUT2D eigenvalue weighted by atomic mass is 9.91. The van der Waals surface area contributed by atoms with Crippen molar-refractivity contribution in [3.05, 3.63) is 24.3 Å². The molecule has 0 atom stereocenters. The van der Waals surface area contributed by atoms with Crippen molar-refractivity contribution in [1.82, 2.24) is 4.72 Å². The van der Waals surface area contributed by atoms with Gasteiger partial charge in [-0.3, -0.25) is 0 Å². The summed E-state index contributed by atoms with van der Waals surface area (Å²) >= 11 is 0. The first-order valence-electron chi connectivity index (χ1n) is 6.11. The van der Waals surface area contributed by atoms with E-state index in [1.807, 2.05) is 0 Å². The zero-order chi connectivity index (χ0) is 13.9. The predicted molar refractivity (Wildman–Crippen MR) is 72.3 cm³/mol. The van der Waals surface area contributed by atoms with Gasteiger partial charge < -0.3 is 15.6 Å². The number of anilines is 1. The lowest BCUT2D eigenvalue weighted by molar-refractivity contribution is 0.0712. The number of nitrogens with two attached hydrogens (primary N) is 1. The summed E-state index contributed by atoms with van der Waals surface area (Å²) in [5.41, 5.74) is 6.16. The minimum Gasteiger partial charge on any atom is -0.490 e. The highest BCUT2D eigenvalue weighted by molar-refractivity contribution is 7.89. The highest BCUT2D eigenvalue weighted by Crippen LogP contribution is 2.21.